The number of nitrogens with one attached hydrogen (secondary N) is 1. The second kappa shape index (κ2) is 4.02. The van der Waals surface area contributed by atoms with Gasteiger partial charge in [-0.05, 0) is 40.0 Å². The predicted molar refractivity (Wildman–Crippen MR) is 67.2 cm³/mol. The summed E-state index contributed by atoms with van der Waals surface area (Å²) in [7, 11) is 0. The Morgan fingerprint density at radius 2 is 2.12 bits per heavy atom. The Kier molecular flexibility index (Phi) is 2.62. The van der Waals surface area contributed by atoms with Crippen molar-refractivity contribution in [2.24, 2.45) is 0 Å². The molecule has 2 aliphatic heterocycles. The molecule has 0 aliphatic carbocycles. The zero-order valence-electron chi connectivity index (χ0n) is 10.9. The van der Waals surface area contributed by atoms with Gasteiger partial charge in [-0.15, -0.1) is 0 Å². The van der Waals surface area contributed by atoms with Gasteiger partial charge in [-0.25, -0.2) is 4.68 Å². The first-order chi connectivity index (χ1) is 8.15. The molecule has 17 heavy (non-hydrogen) atoms. The number of hydrogen-bond donors (Lipinski definition) is 1. The molecular formula is C13H21N3O. The maximum absolute atomic E-state index is 5.93. The molecular weight excluding hydrogens is 214 g/mol. The van der Waals surface area contributed by atoms with Crippen LogP contribution in [0, 0.1) is 6.92 Å². The molecule has 4 nitrogen and oxygen atoms in total. The average molecular weight is 235 g/mol. The van der Waals surface area contributed by atoms with E-state index in [4.69, 9.17) is 9.84 Å². The van der Waals surface area contributed by atoms with Crippen LogP contribution in [0.25, 0.3) is 0 Å². The third-order valence-corrected chi connectivity index (χ3v) is 3.92. The van der Waals surface area contributed by atoms with E-state index in [0.29, 0.717) is 12.1 Å². The van der Waals surface area contributed by atoms with Gasteiger partial charge in [0, 0.05) is 18.2 Å². The summed E-state index contributed by atoms with van der Waals surface area (Å²) in [5, 5.41) is 8.26. The van der Waals surface area contributed by atoms with Gasteiger partial charge in [0.05, 0.1) is 11.8 Å². The third kappa shape index (κ3) is 1.84. The summed E-state index contributed by atoms with van der Waals surface area (Å²) >= 11 is 0. The minimum atomic E-state index is 0.209. The third-order valence-electron chi connectivity index (χ3n) is 3.92. The van der Waals surface area contributed by atoms with Gasteiger partial charge >= 0.3 is 0 Å². The highest BCUT2D eigenvalue weighted by atomic mass is 16.5. The van der Waals surface area contributed by atoms with Crippen LogP contribution in [0.1, 0.15) is 50.5 Å². The number of anilines is 1. The van der Waals surface area contributed by atoms with Gasteiger partial charge < -0.3 is 10.1 Å². The Morgan fingerprint density at radius 3 is 2.82 bits per heavy atom. The number of hydrogen-bond acceptors (Lipinski definition) is 3. The Hall–Kier alpha value is -1.03. The van der Waals surface area contributed by atoms with E-state index in [9.17, 15) is 0 Å². The van der Waals surface area contributed by atoms with E-state index in [-0.39, 0.29) is 6.10 Å². The Balaban J connectivity index is 1.91. The molecule has 0 aromatic carbocycles. The van der Waals surface area contributed by atoms with Crippen molar-refractivity contribution in [1.82, 2.24) is 9.78 Å². The summed E-state index contributed by atoms with van der Waals surface area (Å²) in [6, 6.07) is 0.550. The minimum absolute atomic E-state index is 0.209. The molecule has 0 saturated carbocycles. The monoisotopic (exact) mass is 235 g/mol. The van der Waals surface area contributed by atoms with E-state index < -0.39 is 0 Å². The zero-order chi connectivity index (χ0) is 12.0. The highest BCUT2D eigenvalue weighted by Gasteiger charge is 2.30. The molecule has 3 atom stereocenters. The van der Waals surface area contributed by atoms with Crippen molar-refractivity contribution in [2.75, 3.05) is 5.32 Å². The molecule has 0 spiro atoms. The number of ether oxygens (including phenoxy) is 1. The second-order valence-electron chi connectivity index (χ2n) is 5.43. The summed E-state index contributed by atoms with van der Waals surface area (Å²) in [6.45, 7) is 7.55. The molecule has 1 aromatic heterocycles. The standard InChI is InChI=1S/C13H21N3O/c1-8-6-7-16-13(14-8)10(3)12(15-16)11-5-4-9(2)17-11/h8-9,11,14H,4-7H2,1-3H3. The molecule has 0 bridgehead atoms. The highest BCUT2D eigenvalue weighted by Crippen LogP contribution is 2.36. The van der Waals surface area contributed by atoms with Crippen LogP contribution >= 0.6 is 0 Å². The minimum Gasteiger partial charge on any atom is -0.369 e. The molecule has 3 rings (SSSR count). The highest BCUT2D eigenvalue weighted by molar-refractivity contribution is 5.49. The number of nitrogens with zero attached hydrogens (tertiary/aromatic N) is 2. The van der Waals surface area contributed by atoms with E-state index in [1.54, 1.807) is 0 Å². The van der Waals surface area contributed by atoms with Gasteiger partial charge in [0.2, 0.25) is 0 Å². The number of aromatic nitrogens is 2. The van der Waals surface area contributed by atoms with Crippen molar-refractivity contribution < 1.29 is 4.74 Å². The van der Waals surface area contributed by atoms with Crippen molar-refractivity contribution in [3.8, 4) is 0 Å². The van der Waals surface area contributed by atoms with Crippen LogP contribution in [-0.4, -0.2) is 21.9 Å². The maximum atomic E-state index is 5.93. The fourth-order valence-corrected chi connectivity index (χ4v) is 2.85. The van der Waals surface area contributed by atoms with Crippen LogP contribution in [0.3, 0.4) is 0 Å². The van der Waals surface area contributed by atoms with E-state index in [1.807, 2.05) is 0 Å². The van der Waals surface area contributed by atoms with Crippen molar-refractivity contribution in [3.05, 3.63) is 11.3 Å². The molecule has 1 saturated heterocycles. The van der Waals surface area contributed by atoms with Crippen LogP contribution < -0.4 is 5.32 Å². The maximum Gasteiger partial charge on any atom is 0.127 e. The van der Waals surface area contributed by atoms with Crippen molar-refractivity contribution in [2.45, 2.75) is 64.8 Å². The molecule has 1 aromatic rings. The summed E-state index contributed by atoms with van der Waals surface area (Å²) in [5.41, 5.74) is 2.42. The summed E-state index contributed by atoms with van der Waals surface area (Å²) in [5.74, 6) is 1.20. The predicted octanol–water partition coefficient (Wildman–Crippen LogP) is 2.64. The molecule has 3 heterocycles. The largest absolute Gasteiger partial charge is 0.369 e. The lowest BCUT2D eigenvalue weighted by molar-refractivity contribution is 0.0523. The lowest BCUT2D eigenvalue weighted by Crippen LogP contribution is -2.26. The second-order valence-corrected chi connectivity index (χ2v) is 5.43. The van der Waals surface area contributed by atoms with Gasteiger partial charge in [0.25, 0.3) is 0 Å². The topological polar surface area (TPSA) is 39.1 Å². The molecule has 1 N–H and O–H groups in total. The van der Waals surface area contributed by atoms with Crippen LogP contribution in [-0.2, 0) is 11.3 Å². The average Bonchev–Trinajstić information content (AvgIpc) is 2.84. The number of aryl methyl sites for hydroxylation is 1. The van der Waals surface area contributed by atoms with Gasteiger partial charge in [0.1, 0.15) is 11.9 Å². The summed E-state index contributed by atoms with van der Waals surface area (Å²) < 4.78 is 8.04. The Morgan fingerprint density at radius 1 is 1.29 bits per heavy atom. The Bertz CT molecular complexity index is 427. The fraction of sp³-hybridized carbons (Fsp3) is 0.769. The Labute approximate surface area is 102 Å². The fourth-order valence-electron chi connectivity index (χ4n) is 2.85. The zero-order valence-corrected chi connectivity index (χ0v) is 10.9. The van der Waals surface area contributed by atoms with Crippen LogP contribution in [0.5, 0.6) is 0 Å². The normalized spacial score (nSPS) is 32.3. The van der Waals surface area contributed by atoms with E-state index in [0.717, 1.165) is 31.5 Å². The lowest BCUT2D eigenvalue weighted by Gasteiger charge is -2.22. The van der Waals surface area contributed by atoms with E-state index >= 15 is 0 Å². The molecule has 1 fully saturated rings. The summed E-state index contributed by atoms with van der Waals surface area (Å²) in [4.78, 5) is 0. The van der Waals surface area contributed by atoms with Crippen LogP contribution in [0.4, 0.5) is 5.82 Å². The first-order valence-electron chi connectivity index (χ1n) is 6.64. The lowest BCUT2D eigenvalue weighted by atomic mass is 10.1. The van der Waals surface area contributed by atoms with Gasteiger partial charge in [-0.2, -0.15) is 5.10 Å². The van der Waals surface area contributed by atoms with Gasteiger partial charge in [-0.3, -0.25) is 0 Å². The van der Waals surface area contributed by atoms with Crippen molar-refractivity contribution in [3.63, 3.8) is 0 Å². The first-order valence-corrected chi connectivity index (χ1v) is 6.64. The molecule has 4 heteroatoms. The first kappa shape index (κ1) is 11.1. The quantitative estimate of drug-likeness (QED) is 0.813. The molecule has 0 radical (unpaired) electrons. The number of fused-ring (bicyclic) bond motifs is 1. The molecule has 94 valence electrons. The van der Waals surface area contributed by atoms with Gasteiger partial charge in [-0.1, -0.05) is 0 Å². The van der Waals surface area contributed by atoms with Crippen LogP contribution in [0.2, 0.25) is 0 Å². The smallest absolute Gasteiger partial charge is 0.127 e. The SMILES string of the molecule is Cc1c(C2CCC(C)O2)nn2c1NC(C)CC2. The molecule has 2 aliphatic rings. The summed E-state index contributed by atoms with van der Waals surface area (Å²) in [6.07, 6.45) is 3.99. The van der Waals surface area contributed by atoms with E-state index in [2.05, 4.69) is 30.8 Å². The molecule has 0 amide bonds. The molecule has 3 unspecified atom stereocenters. The van der Waals surface area contributed by atoms with Crippen LogP contribution in [0.15, 0.2) is 0 Å². The van der Waals surface area contributed by atoms with Crippen molar-refractivity contribution in [1.29, 1.82) is 0 Å². The number of rotatable bonds is 1. The van der Waals surface area contributed by atoms with E-state index in [1.165, 1.54) is 11.4 Å². The van der Waals surface area contributed by atoms with Crippen molar-refractivity contribution >= 4 is 5.82 Å². The van der Waals surface area contributed by atoms with Gasteiger partial charge in [0.15, 0.2) is 0 Å².